The standard InChI is InChI=1S/C14H19N3O2/c1-8(15)12(18)16-9-5-6-11-10(7-9)17-13(19-11)14(2,3)4/h5-8H,15H2,1-4H3,(H,16,18)/t8-/m0/s1. The zero-order chi connectivity index (χ0) is 14.2. The van der Waals surface area contributed by atoms with E-state index in [9.17, 15) is 4.79 Å². The number of nitrogens with zero attached hydrogens (tertiary/aromatic N) is 1. The number of anilines is 1. The highest BCUT2D eigenvalue weighted by molar-refractivity contribution is 5.95. The quantitative estimate of drug-likeness (QED) is 0.869. The number of oxazole rings is 1. The van der Waals surface area contributed by atoms with E-state index in [4.69, 9.17) is 10.2 Å². The van der Waals surface area contributed by atoms with Crippen molar-refractivity contribution in [1.29, 1.82) is 0 Å². The Kier molecular flexibility index (Phi) is 3.32. The average molecular weight is 261 g/mol. The molecule has 0 spiro atoms. The number of aromatic nitrogens is 1. The second-order valence-corrected chi connectivity index (χ2v) is 5.73. The Hall–Kier alpha value is -1.88. The van der Waals surface area contributed by atoms with Crippen molar-refractivity contribution in [3.63, 3.8) is 0 Å². The topological polar surface area (TPSA) is 81.2 Å². The molecule has 0 radical (unpaired) electrons. The molecular weight excluding hydrogens is 242 g/mol. The summed E-state index contributed by atoms with van der Waals surface area (Å²) in [6.45, 7) is 7.76. The molecule has 1 atom stereocenters. The summed E-state index contributed by atoms with van der Waals surface area (Å²) in [6, 6.07) is 4.82. The number of rotatable bonds is 2. The molecule has 5 heteroatoms. The van der Waals surface area contributed by atoms with Crippen LogP contribution in [0.1, 0.15) is 33.6 Å². The van der Waals surface area contributed by atoms with E-state index in [1.165, 1.54) is 0 Å². The summed E-state index contributed by atoms with van der Waals surface area (Å²) in [6.07, 6.45) is 0. The summed E-state index contributed by atoms with van der Waals surface area (Å²) in [5.41, 5.74) is 7.48. The Labute approximate surface area is 112 Å². The number of fused-ring (bicyclic) bond motifs is 1. The van der Waals surface area contributed by atoms with E-state index in [0.29, 0.717) is 17.2 Å². The van der Waals surface area contributed by atoms with Crippen molar-refractivity contribution < 1.29 is 9.21 Å². The molecule has 3 N–H and O–H groups in total. The summed E-state index contributed by atoms with van der Waals surface area (Å²) in [7, 11) is 0. The van der Waals surface area contributed by atoms with E-state index in [2.05, 4.69) is 10.3 Å². The van der Waals surface area contributed by atoms with E-state index in [0.717, 1.165) is 5.52 Å². The number of carbonyl (C=O) groups excluding carboxylic acids is 1. The van der Waals surface area contributed by atoms with Gasteiger partial charge in [0.25, 0.3) is 0 Å². The maximum Gasteiger partial charge on any atom is 0.240 e. The second kappa shape index (κ2) is 4.66. The number of hydrogen-bond donors (Lipinski definition) is 2. The minimum absolute atomic E-state index is 0.145. The lowest BCUT2D eigenvalue weighted by molar-refractivity contribution is -0.117. The molecule has 1 amide bonds. The third-order valence-electron chi connectivity index (χ3n) is 2.71. The molecule has 0 aliphatic rings. The molecule has 0 fully saturated rings. The fraction of sp³-hybridized carbons (Fsp3) is 0.429. The normalized spacial score (nSPS) is 13.5. The fourth-order valence-corrected chi connectivity index (χ4v) is 1.58. The molecule has 0 bridgehead atoms. The minimum atomic E-state index is -0.543. The van der Waals surface area contributed by atoms with Crippen molar-refractivity contribution >= 4 is 22.7 Å². The van der Waals surface area contributed by atoms with Crippen LogP contribution in [0.15, 0.2) is 22.6 Å². The van der Waals surface area contributed by atoms with Gasteiger partial charge in [0.2, 0.25) is 11.8 Å². The van der Waals surface area contributed by atoms with E-state index in [-0.39, 0.29) is 11.3 Å². The van der Waals surface area contributed by atoms with Gasteiger partial charge >= 0.3 is 0 Å². The van der Waals surface area contributed by atoms with E-state index >= 15 is 0 Å². The number of nitrogens with one attached hydrogen (secondary N) is 1. The Morgan fingerprint density at radius 3 is 2.68 bits per heavy atom. The molecule has 5 nitrogen and oxygen atoms in total. The molecule has 0 saturated heterocycles. The highest BCUT2D eigenvalue weighted by Gasteiger charge is 2.21. The van der Waals surface area contributed by atoms with Crippen LogP contribution >= 0.6 is 0 Å². The van der Waals surface area contributed by atoms with Crippen molar-refractivity contribution in [1.82, 2.24) is 4.98 Å². The highest BCUT2D eigenvalue weighted by Crippen LogP contribution is 2.27. The van der Waals surface area contributed by atoms with Crippen LogP contribution in [0.5, 0.6) is 0 Å². The van der Waals surface area contributed by atoms with E-state index < -0.39 is 6.04 Å². The second-order valence-electron chi connectivity index (χ2n) is 5.73. The van der Waals surface area contributed by atoms with Crippen LogP contribution < -0.4 is 11.1 Å². The zero-order valence-corrected chi connectivity index (χ0v) is 11.7. The molecular formula is C14H19N3O2. The predicted molar refractivity (Wildman–Crippen MR) is 75.0 cm³/mol. The third kappa shape index (κ3) is 2.93. The lowest BCUT2D eigenvalue weighted by Crippen LogP contribution is -2.32. The van der Waals surface area contributed by atoms with Crippen molar-refractivity contribution in [2.24, 2.45) is 5.73 Å². The van der Waals surface area contributed by atoms with Crippen molar-refractivity contribution in [2.45, 2.75) is 39.2 Å². The molecule has 2 rings (SSSR count). The van der Waals surface area contributed by atoms with Crippen LogP contribution in [0.4, 0.5) is 5.69 Å². The van der Waals surface area contributed by atoms with Gasteiger partial charge in [-0.05, 0) is 25.1 Å². The molecule has 19 heavy (non-hydrogen) atoms. The zero-order valence-electron chi connectivity index (χ0n) is 11.7. The Bertz CT molecular complexity index is 609. The van der Waals surface area contributed by atoms with E-state index in [1.807, 2.05) is 20.8 Å². The summed E-state index contributed by atoms with van der Waals surface area (Å²) >= 11 is 0. The largest absolute Gasteiger partial charge is 0.440 e. The highest BCUT2D eigenvalue weighted by atomic mass is 16.3. The van der Waals surface area contributed by atoms with Crippen molar-refractivity contribution in [3.8, 4) is 0 Å². The van der Waals surface area contributed by atoms with Gasteiger partial charge < -0.3 is 15.5 Å². The molecule has 0 aliphatic carbocycles. The summed E-state index contributed by atoms with van der Waals surface area (Å²) in [5.74, 6) is 0.456. The molecule has 0 saturated carbocycles. The number of carbonyl (C=O) groups is 1. The first-order chi connectivity index (χ1) is 8.77. The van der Waals surface area contributed by atoms with Gasteiger partial charge in [0.15, 0.2) is 5.58 Å². The van der Waals surface area contributed by atoms with Crippen molar-refractivity contribution in [2.75, 3.05) is 5.32 Å². The lowest BCUT2D eigenvalue weighted by Gasteiger charge is -2.11. The molecule has 1 aromatic carbocycles. The van der Waals surface area contributed by atoms with Crippen molar-refractivity contribution in [3.05, 3.63) is 24.1 Å². The number of benzene rings is 1. The van der Waals surface area contributed by atoms with Crippen LogP contribution in [0, 0.1) is 0 Å². The van der Waals surface area contributed by atoms with Gasteiger partial charge in [0.1, 0.15) is 5.52 Å². The molecule has 1 heterocycles. The maximum atomic E-state index is 11.5. The van der Waals surface area contributed by atoms with E-state index in [1.54, 1.807) is 25.1 Å². The van der Waals surface area contributed by atoms with Crippen LogP contribution in [0.25, 0.3) is 11.1 Å². The Morgan fingerprint density at radius 1 is 1.42 bits per heavy atom. The first-order valence-corrected chi connectivity index (χ1v) is 6.25. The Morgan fingerprint density at radius 2 is 2.11 bits per heavy atom. The number of hydrogen-bond acceptors (Lipinski definition) is 4. The monoisotopic (exact) mass is 261 g/mol. The van der Waals surface area contributed by atoms with Gasteiger partial charge in [0.05, 0.1) is 6.04 Å². The van der Waals surface area contributed by atoms with Crippen LogP contribution in [-0.4, -0.2) is 16.9 Å². The molecule has 2 aromatic rings. The van der Waals surface area contributed by atoms with Gasteiger partial charge in [-0.3, -0.25) is 4.79 Å². The van der Waals surface area contributed by atoms with Crippen LogP contribution in [-0.2, 0) is 10.2 Å². The van der Waals surface area contributed by atoms with Gasteiger partial charge in [-0.15, -0.1) is 0 Å². The molecule has 0 aliphatic heterocycles. The first-order valence-electron chi connectivity index (χ1n) is 6.25. The Balaban J connectivity index is 2.33. The van der Waals surface area contributed by atoms with Gasteiger partial charge in [-0.2, -0.15) is 0 Å². The maximum absolute atomic E-state index is 11.5. The summed E-state index contributed by atoms with van der Waals surface area (Å²) < 4.78 is 5.69. The smallest absolute Gasteiger partial charge is 0.240 e. The first kappa shape index (κ1) is 13.5. The minimum Gasteiger partial charge on any atom is -0.440 e. The fourth-order valence-electron chi connectivity index (χ4n) is 1.58. The number of nitrogens with two attached hydrogens (primary N) is 1. The molecule has 1 aromatic heterocycles. The average Bonchev–Trinajstić information content (AvgIpc) is 2.71. The van der Waals surface area contributed by atoms with Gasteiger partial charge in [0, 0.05) is 11.1 Å². The molecule has 0 unspecified atom stereocenters. The summed E-state index contributed by atoms with van der Waals surface area (Å²) in [5, 5.41) is 2.74. The number of amides is 1. The van der Waals surface area contributed by atoms with Crippen LogP contribution in [0.3, 0.4) is 0 Å². The third-order valence-corrected chi connectivity index (χ3v) is 2.71. The van der Waals surface area contributed by atoms with Crippen LogP contribution in [0.2, 0.25) is 0 Å². The summed E-state index contributed by atoms with van der Waals surface area (Å²) in [4.78, 5) is 16.0. The predicted octanol–water partition coefficient (Wildman–Crippen LogP) is 2.41. The van der Waals surface area contributed by atoms with Gasteiger partial charge in [-0.25, -0.2) is 4.98 Å². The SMILES string of the molecule is C[C@H](N)C(=O)Nc1ccc2oc(C(C)(C)C)nc2c1. The van der Waals surface area contributed by atoms with Gasteiger partial charge in [-0.1, -0.05) is 20.8 Å². The lowest BCUT2D eigenvalue weighted by atomic mass is 9.97. The molecule has 102 valence electrons.